The molecule has 0 aliphatic carbocycles. The standard InChI is InChI=1S/C22H20N2O3/c1-15-13-24(20-9-5-4-8-19(20)23-22(15)26)21(25)14-27-18-11-10-16-6-2-3-7-17(16)12-18/h2-12,15H,13-14H2,1H3,(H,23,26)/t15-/m1/s1. The summed E-state index contributed by atoms with van der Waals surface area (Å²) in [6, 6.07) is 21.1. The highest BCUT2D eigenvalue weighted by Gasteiger charge is 2.28. The lowest BCUT2D eigenvalue weighted by atomic mass is 10.1. The normalized spacial score (nSPS) is 16.4. The van der Waals surface area contributed by atoms with E-state index in [-0.39, 0.29) is 24.3 Å². The second kappa shape index (κ2) is 7.11. The summed E-state index contributed by atoms with van der Waals surface area (Å²) in [5, 5.41) is 5.06. The Bertz CT molecular complexity index is 1020. The van der Waals surface area contributed by atoms with Crippen LogP contribution < -0.4 is 15.0 Å². The third-order valence-electron chi connectivity index (χ3n) is 4.74. The van der Waals surface area contributed by atoms with E-state index < -0.39 is 0 Å². The van der Waals surface area contributed by atoms with Crippen molar-refractivity contribution < 1.29 is 14.3 Å². The molecular weight excluding hydrogens is 340 g/mol. The van der Waals surface area contributed by atoms with Gasteiger partial charge in [-0.25, -0.2) is 0 Å². The third kappa shape index (κ3) is 3.49. The van der Waals surface area contributed by atoms with Crippen LogP contribution in [0.1, 0.15) is 6.92 Å². The molecule has 3 aromatic rings. The Morgan fingerprint density at radius 1 is 1.07 bits per heavy atom. The molecule has 0 saturated heterocycles. The third-order valence-corrected chi connectivity index (χ3v) is 4.74. The van der Waals surface area contributed by atoms with Gasteiger partial charge in [-0.1, -0.05) is 49.4 Å². The highest BCUT2D eigenvalue weighted by atomic mass is 16.5. The van der Waals surface area contributed by atoms with Crippen molar-refractivity contribution >= 4 is 34.0 Å². The van der Waals surface area contributed by atoms with Gasteiger partial charge in [0.15, 0.2) is 6.61 Å². The molecule has 0 fully saturated rings. The van der Waals surface area contributed by atoms with E-state index >= 15 is 0 Å². The fourth-order valence-electron chi connectivity index (χ4n) is 3.24. The maximum atomic E-state index is 12.9. The number of para-hydroxylation sites is 2. The zero-order valence-corrected chi connectivity index (χ0v) is 15.0. The molecule has 136 valence electrons. The molecule has 1 heterocycles. The molecule has 5 heteroatoms. The topological polar surface area (TPSA) is 58.6 Å². The van der Waals surface area contributed by atoms with Crippen molar-refractivity contribution in [1.29, 1.82) is 0 Å². The molecule has 0 aromatic heterocycles. The number of nitrogens with zero attached hydrogens (tertiary/aromatic N) is 1. The van der Waals surface area contributed by atoms with E-state index in [2.05, 4.69) is 5.32 Å². The van der Waals surface area contributed by atoms with E-state index in [9.17, 15) is 9.59 Å². The van der Waals surface area contributed by atoms with Crippen LogP contribution in [0.2, 0.25) is 0 Å². The average molecular weight is 360 g/mol. The van der Waals surface area contributed by atoms with Crippen molar-refractivity contribution in [3.63, 3.8) is 0 Å². The van der Waals surface area contributed by atoms with Crippen LogP contribution in [0.5, 0.6) is 5.75 Å². The zero-order chi connectivity index (χ0) is 18.8. The Kier molecular flexibility index (Phi) is 4.50. The van der Waals surface area contributed by atoms with Crippen molar-refractivity contribution in [1.82, 2.24) is 0 Å². The van der Waals surface area contributed by atoms with Crippen molar-refractivity contribution in [3.8, 4) is 5.75 Å². The van der Waals surface area contributed by atoms with Crippen molar-refractivity contribution in [3.05, 3.63) is 66.7 Å². The minimum Gasteiger partial charge on any atom is -0.484 e. The lowest BCUT2D eigenvalue weighted by Gasteiger charge is -2.23. The van der Waals surface area contributed by atoms with Crippen LogP contribution in [-0.2, 0) is 9.59 Å². The second-order valence-electron chi connectivity index (χ2n) is 6.71. The number of amides is 2. The molecule has 3 aromatic carbocycles. The lowest BCUT2D eigenvalue weighted by molar-refractivity contribution is -0.121. The zero-order valence-electron chi connectivity index (χ0n) is 15.0. The average Bonchev–Trinajstić information content (AvgIpc) is 2.82. The first-order chi connectivity index (χ1) is 13.1. The van der Waals surface area contributed by atoms with E-state index in [1.54, 1.807) is 11.0 Å². The largest absolute Gasteiger partial charge is 0.484 e. The van der Waals surface area contributed by atoms with Crippen LogP contribution in [0.25, 0.3) is 10.8 Å². The number of rotatable bonds is 3. The molecule has 0 saturated carbocycles. The number of nitrogens with one attached hydrogen (secondary N) is 1. The Morgan fingerprint density at radius 3 is 2.67 bits per heavy atom. The van der Waals surface area contributed by atoms with E-state index in [1.807, 2.05) is 67.6 Å². The summed E-state index contributed by atoms with van der Waals surface area (Å²) in [5.74, 6) is 0.0709. The van der Waals surface area contributed by atoms with Crippen LogP contribution in [0.4, 0.5) is 11.4 Å². The van der Waals surface area contributed by atoms with Crippen LogP contribution in [0.15, 0.2) is 66.7 Å². The van der Waals surface area contributed by atoms with Gasteiger partial charge < -0.3 is 15.0 Å². The highest BCUT2D eigenvalue weighted by Crippen LogP contribution is 2.30. The minimum atomic E-state index is -0.304. The number of carbonyl (C=O) groups excluding carboxylic acids is 2. The molecule has 4 rings (SSSR count). The van der Waals surface area contributed by atoms with Crippen molar-refractivity contribution in [2.24, 2.45) is 5.92 Å². The Labute approximate surface area is 157 Å². The fraction of sp³-hybridized carbons (Fsp3) is 0.182. The first-order valence-corrected chi connectivity index (χ1v) is 8.94. The van der Waals surface area contributed by atoms with Crippen LogP contribution in [0.3, 0.4) is 0 Å². The van der Waals surface area contributed by atoms with Crippen molar-refractivity contribution in [2.45, 2.75) is 6.92 Å². The van der Waals surface area contributed by atoms with Crippen LogP contribution in [0, 0.1) is 5.92 Å². The number of carbonyl (C=O) groups is 2. The molecule has 1 N–H and O–H groups in total. The van der Waals surface area contributed by atoms with Gasteiger partial charge in [0.2, 0.25) is 5.91 Å². The molecule has 27 heavy (non-hydrogen) atoms. The Hall–Kier alpha value is -3.34. The summed E-state index contributed by atoms with van der Waals surface area (Å²) < 4.78 is 5.75. The molecule has 0 bridgehead atoms. The lowest BCUT2D eigenvalue weighted by Crippen LogP contribution is -2.38. The molecule has 0 spiro atoms. The molecule has 1 atom stereocenters. The smallest absolute Gasteiger partial charge is 0.264 e. The van der Waals surface area contributed by atoms with Crippen molar-refractivity contribution in [2.75, 3.05) is 23.4 Å². The summed E-state index contributed by atoms with van der Waals surface area (Å²) in [5.41, 5.74) is 1.34. The minimum absolute atomic E-state index is 0.0896. The fourth-order valence-corrected chi connectivity index (χ4v) is 3.24. The molecule has 1 aliphatic rings. The summed E-state index contributed by atoms with van der Waals surface area (Å²) >= 11 is 0. The maximum Gasteiger partial charge on any atom is 0.264 e. The molecule has 1 aliphatic heterocycles. The van der Waals surface area contributed by atoms with E-state index in [0.29, 0.717) is 23.7 Å². The quantitative estimate of drug-likeness (QED) is 0.772. The van der Waals surface area contributed by atoms with E-state index in [1.165, 1.54) is 0 Å². The molecular formula is C22H20N2O3. The number of fused-ring (bicyclic) bond motifs is 2. The van der Waals surface area contributed by atoms with Gasteiger partial charge >= 0.3 is 0 Å². The highest BCUT2D eigenvalue weighted by molar-refractivity contribution is 6.04. The first-order valence-electron chi connectivity index (χ1n) is 8.94. The number of anilines is 2. The number of hydrogen-bond acceptors (Lipinski definition) is 3. The number of hydrogen-bond donors (Lipinski definition) is 1. The summed E-state index contributed by atoms with van der Waals surface area (Å²) in [6.07, 6.45) is 0. The SMILES string of the molecule is C[C@@H]1CN(C(=O)COc2ccc3ccccc3c2)c2ccccc2NC1=O. The summed E-state index contributed by atoms with van der Waals surface area (Å²) in [6.45, 7) is 2.04. The van der Waals surface area contributed by atoms with Gasteiger partial charge in [-0.2, -0.15) is 0 Å². The first kappa shape index (κ1) is 17.1. The van der Waals surface area contributed by atoms with Gasteiger partial charge in [0, 0.05) is 6.54 Å². The predicted octanol–water partition coefficient (Wildman–Crippen LogP) is 3.84. The Balaban J connectivity index is 1.53. The van der Waals surface area contributed by atoms with E-state index in [0.717, 1.165) is 10.8 Å². The molecule has 0 radical (unpaired) electrons. The van der Waals surface area contributed by atoms with Gasteiger partial charge in [0.05, 0.1) is 17.3 Å². The molecule has 2 amide bonds. The van der Waals surface area contributed by atoms with E-state index in [4.69, 9.17) is 4.74 Å². The van der Waals surface area contributed by atoms with Gasteiger partial charge in [-0.05, 0) is 35.0 Å². The van der Waals surface area contributed by atoms with Crippen LogP contribution in [-0.4, -0.2) is 25.0 Å². The number of benzene rings is 3. The maximum absolute atomic E-state index is 12.9. The molecule has 5 nitrogen and oxygen atoms in total. The summed E-state index contributed by atoms with van der Waals surface area (Å²) in [4.78, 5) is 26.7. The Morgan fingerprint density at radius 2 is 1.81 bits per heavy atom. The number of ether oxygens (including phenoxy) is 1. The van der Waals surface area contributed by atoms with Gasteiger partial charge in [0.1, 0.15) is 5.75 Å². The van der Waals surface area contributed by atoms with Gasteiger partial charge in [-0.15, -0.1) is 0 Å². The summed E-state index contributed by atoms with van der Waals surface area (Å²) in [7, 11) is 0. The predicted molar refractivity (Wildman–Crippen MR) is 106 cm³/mol. The second-order valence-corrected chi connectivity index (χ2v) is 6.71. The monoisotopic (exact) mass is 360 g/mol. The van der Waals surface area contributed by atoms with Gasteiger partial charge in [0.25, 0.3) is 5.91 Å². The van der Waals surface area contributed by atoms with Crippen LogP contribution >= 0.6 is 0 Å². The van der Waals surface area contributed by atoms with Gasteiger partial charge in [-0.3, -0.25) is 9.59 Å². The molecule has 0 unspecified atom stereocenters.